The first kappa shape index (κ1) is 15.2. The Labute approximate surface area is 125 Å². The molecule has 0 spiro atoms. The minimum Gasteiger partial charge on any atom is -0.380 e. The van der Waals surface area contributed by atoms with Gasteiger partial charge < -0.3 is 10.1 Å². The van der Waals surface area contributed by atoms with Crippen LogP contribution in [0.2, 0.25) is 0 Å². The molecule has 0 saturated heterocycles. The van der Waals surface area contributed by atoms with Gasteiger partial charge in [0.2, 0.25) is 0 Å². The zero-order valence-electron chi connectivity index (χ0n) is 12.5. The highest BCUT2D eigenvalue weighted by Gasteiger charge is 2.11. The first-order valence-corrected chi connectivity index (χ1v) is 7.95. The van der Waals surface area contributed by atoms with Crippen LogP contribution in [0, 0.1) is 0 Å². The number of hydrogen-bond acceptors (Lipinski definition) is 3. The van der Waals surface area contributed by atoms with Crippen molar-refractivity contribution in [3.8, 4) is 10.4 Å². The van der Waals surface area contributed by atoms with Crippen molar-refractivity contribution in [2.45, 2.75) is 32.4 Å². The normalized spacial score (nSPS) is 12.6. The summed E-state index contributed by atoms with van der Waals surface area (Å²) >= 11 is 1.88. The Morgan fingerprint density at radius 2 is 2.10 bits per heavy atom. The topological polar surface area (TPSA) is 21.3 Å². The third-order valence-corrected chi connectivity index (χ3v) is 4.67. The molecule has 0 aliphatic rings. The fourth-order valence-electron chi connectivity index (χ4n) is 2.39. The van der Waals surface area contributed by atoms with Crippen LogP contribution < -0.4 is 5.32 Å². The van der Waals surface area contributed by atoms with Gasteiger partial charge in [0.25, 0.3) is 0 Å². The van der Waals surface area contributed by atoms with Crippen molar-refractivity contribution in [1.29, 1.82) is 0 Å². The molecule has 1 aromatic heterocycles. The fourth-order valence-corrected chi connectivity index (χ4v) is 3.54. The first-order chi connectivity index (χ1) is 9.78. The Morgan fingerprint density at radius 3 is 2.80 bits per heavy atom. The number of hydrogen-bond donors (Lipinski definition) is 1. The van der Waals surface area contributed by atoms with Gasteiger partial charge in [-0.25, -0.2) is 0 Å². The summed E-state index contributed by atoms with van der Waals surface area (Å²) in [4.78, 5) is 2.75. The monoisotopic (exact) mass is 289 g/mol. The number of ether oxygens (including phenoxy) is 1. The van der Waals surface area contributed by atoms with Crippen molar-refractivity contribution in [3.05, 3.63) is 46.8 Å². The van der Waals surface area contributed by atoms with Crippen molar-refractivity contribution < 1.29 is 4.74 Å². The maximum atomic E-state index is 5.20. The van der Waals surface area contributed by atoms with Crippen LogP contribution in [-0.4, -0.2) is 14.2 Å². The van der Waals surface area contributed by atoms with Crippen LogP contribution in [0.1, 0.15) is 36.2 Å². The molecule has 0 aliphatic heterocycles. The predicted octanol–water partition coefficient (Wildman–Crippen LogP) is 4.62. The van der Waals surface area contributed by atoms with Crippen LogP contribution in [0.3, 0.4) is 0 Å². The molecule has 2 rings (SSSR count). The van der Waals surface area contributed by atoms with Gasteiger partial charge in [0.05, 0.1) is 6.61 Å². The lowest BCUT2D eigenvalue weighted by Crippen LogP contribution is -2.14. The molecule has 1 N–H and O–H groups in total. The number of benzene rings is 1. The van der Waals surface area contributed by atoms with Gasteiger partial charge in [-0.15, -0.1) is 11.3 Å². The average molecular weight is 289 g/mol. The third kappa shape index (κ3) is 3.69. The van der Waals surface area contributed by atoms with Crippen molar-refractivity contribution in [3.63, 3.8) is 0 Å². The predicted molar refractivity (Wildman–Crippen MR) is 87.2 cm³/mol. The van der Waals surface area contributed by atoms with Crippen LogP contribution in [0.4, 0.5) is 0 Å². The molecule has 1 unspecified atom stereocenters. The molecule has 0 amide bonds. The van der Waals surface area contributed by atoms with E-state index in [-0.39, 0.29) is 0 Å². The molecule has 0 saturated carbocycles. The summed E-state index contributed by atoms with van der Waals surface area (Å²) in [5.41, 5.74) is 2.50. The summed E-state index contributed by atoms with van der Waals surface area (Å²) in [7, 11) is 3.77. The van der Waals surface area contributed by atoms with Crippen molar-refractivity contribution in [2.24, 2.45) is 0 Å². The Hall–Kier alpha value is -1.16. The SMILES string of the molecule is CCCC(NC)c1ccc(-c2cccc(COC)c2)s1. The largest absolute Gasteiger partial charge is 0.380 e. The quantitative estimate of drug-likeness (QED) is 0.803. The minimum absolute atomic E-state index is 0.473. The molecule has 3 heteroatoms. The van der Waals surface area contributed by atoms with Crippen molar-refractivity contribution in [2.75, 3.05) is 14.2 Å². The summed E-state index contributed by atoms with van der Waals surface area (Å²) in [6.07, 6.45) is 2.38. The number of nitrogens with one attached hydrogen (secondary N) is 1. The summed E-state index contributed by atoms with van der Waals surface area (Å²) in [5.74, 6) is 0. The Bertz CT molecular complexity index is 535. The van der Waals surface area contributed by atoms with E-state index in [0.717, 1.165) is 0 Å². The van der Waals surface area contributed by atoms with E-state index in [0.29, 0.717) is 12.6 Å². The van der Waals surface area contributed by atoms with Gasteiger partial charge in [-0.1, -0.05) is 31.5 Å². The van der Waals surface area contributed by atoms with Crippen LogP contribution in [0.15, 0.2) is 36.4 Å². The van der Waals surface area contributed by atoms with E-state index in [4.69, 9.17) is 4.74 Å². The van der Waals surface area contributed by atoms with Crippen molar-refractivity contribution in [1.82, 2.24) is 5.32 Å². The first-order valence-electron chi connectivity index (χ1n) is 7.13. The van der Waals surface area contributed by atoms with Gasteiger partial charge in [-0.2, -0.15) is 0 Å². The molecule has 0 bridgehead atoms. The van der Waals surface area contributed by atoms with E-state index < -0.39 is 0 Å². The molecule has 1 heterocycles. The maximum absolute atomic E-state index is 5.20. The highest BCUT2D eigenvalue weighted by atomic mass is 32.1. The second kappa shape index (κ2) is 7.58. The highest BCUT2D eigenvalue weighted by Crippen LogP contribution is 2.33. The molecule has 0 aliphatic carbocycles. The lowest BCUT2D eigenvalue weighted by atomic mass is 10.1. The van der Waals surface area contributed by atoms with E-state index in [1.807, 2.05) is 18.4 Å². The van der Waals surface area contributed by atoms with Crippen molar-refractivity contribution >= 4 is 11.3 Å². The second-order valence-corrected chi connectivity index (χ2v) is 6.08. The molecule has 2 nitrogen and oxygen atoms in total. The van der Waals surface area contributed by atoms with Gasteiger partial charge in [0.15, 0.2) is 0 Å². The molecular weight excluding hydrogens is 266 g/mol. The van der Waals surface area contributed by atoms with Gasteiger partial charge in [0.1, 0.15) is 0 Å². The third-order valence-electron chi connectivity index (χ3n) is 3.42. The standard InChI is InChI=1S/C17H23NOS/c1-4-6-15(18-2)17-10-9-16(20-17)14-8-5-7-13(11-14)12-19-3/h5,7-11,15,18H,4,6,12H2,1-3H3. The van der Waals surface area contributed by atoms with E-state index in [1.54, 1.807) is 7.11 Å². The Balaban J connectivity index is 2.21. The van der Waals surface area contributed by atoms with Crippen LogP contribution in [0.5, 0.6) is 0 Å². The number of methoxy groups -OCH3 is 1. The summed E-state index contributed by atoms with van der Waals surface area (Å²) in [6, 6.07) is 13.5. The maximum Gasteiger partial charge on any atom is 0.0713 e. The van der Waals surface area contributed by atoms with Crippen LogP contribution >= 0.6 is 11.3 Å². The van der Waals surface area contributed by atoms with Crippen LogP contribution in [0.25, 0.3) is 10.4 Å². The van der Waals surface area contributed by atoms with E-state index >= 15 is 0 Å². The molecule has 1 atom stereocenters. The Kier molecular flexibility index (Phi) is 5.77. The minimum atomic E-state index is 0.473. The zero-order valence-corrected chi connectivity index (χ0v) is 13.3. The average Bonchev–Trinajstić information content (AvgIpc) is 2.95. The molecule has 20 heavy (non-hydrogen) atoms. The number of rotatable bonds is 7. The van der Waals surface area contributed by atoms with Gasteiger partial charge in [-0.3, -0.25) is 0 Å². The Morgan fingerprint density at radius 1 is 1.25 bits per heavy atom. The lowest BCUT2D eigenvalue weighted by molar-refractivity contribution is 0.185. The lowest BCUT2D eigenvalue weighted by Gasteiger charge is -2.12. The van der Waals surface area contributed by atoms with E-state index in [9.17, 15) is 0 Å². The summed E-state index contributed by atoms with van der Waals surface area (Å²) < 4.78 is 5.20. The van der Waals surface area contributed by atoms with Gasteiger partial charge >= 0.3 is 0 Å². The second-order valence-electron chi connectivity index (χ2n) is 4.97. The smallest absolute Gasteiger partial charge is 0.0713 e. The van der Waals surface area contributed by atoms with E-state index in [2.05, 4.69) is 48.6 Å². The summed E-state index contributed by atoms with van der Waals surface area (Å²) in [5, 5.41) is 3.41. The highest BCUT2D eigenvalue weighted by molar-refractivity contribution is 7.15. The molecular formula is C17H23NOS. The molecule has 108 valence electrons. The number of thiophene rings is 1. The van der Waals surface area contributed by atoms with E-state index in [1.165, 1.54) is 33.7 Å². The molecule has 0 radical (unpaired) electrons. The molecule has 1 aromatic carbocycles. The van der Waals surface area contributed by atoms with Crippen LogP contribution in [-0.2, 0) is 11.3 Å². The zero-order chi connectivity index (χ0) is 14.4. The summed E-state index contributed by atoms with van der Waals surface area (Å²) in [6.45, 7) is 2.90. The van der Waals surface area contributed by atoms with Gasteiger partial charge in [-0.05, 0) is 42.8 Å². The molecule has 0 fully saturated rings. The fraction of sp³-hybridized carbons (Fsp3) is 0.412. The molecule has 2 aromatic rings. The van der Waals surface area contributed by atoms with Gasteiger partial charge in [0, 0.05) is 22.9 Å².